The lowest BCUT2D eigenvalue weighted by Crippen LogP contribution is -2.44. The molecule has 2 aromatic rings. The van der Waals surface area contributed by atoms with Gasteiger partial charge >= 0.3 is 15.6 Å². The molecular weight excluding hydrogens is 514 g/mol. The maximum absolute atomic E-state index is 11.8. The Morgan fingerprint density at radius 1 is 1.23 bits per heavy atom. The van der Waals surface area contributed by atoms with Crippen molar-refractivity contribution in [3.8, 4) is 0 Å². The molecule has 1 fully saturated rings. The Morgan fingerprint density at radius 2 is 1.86 bits per heavy atom. The lowest BCUT2D eigenvalue weighted by atomic mass is 9.96. The first-order chi connectivity index (χ1) is 16.2. The Balaban J connectivity index is 1.96. The number of fused-ring (bicyclic) bond motifs is 1. The number of aliphatic hydroxyl groups is 2. The molecule has 0 bridgehead atoms. The van der Waals surface area contributed by atoms with Gasteiger partial charge in [0.05, 0.1) is 12.0 Å². The summed E-state index contributed by atoms with van der Waals surface area (Å²) in [5, 5.41) is 22.1. The van der Waals surface area contributed by atoms with Crippen LogP contribution in [-0.4, -0.2) is 77.1 Å². The van der Waals surface area contributed by atoms with Crippen LogP contribution in [0.1, 0.15) is 38.9 Å². The third-order valence-electron chi connectivity index (χ3n) is 5.18. The van der Waals surface area contributed by atoms with Gasteiger partial charge in [0, 0.05) is 25.0 Å². The molecule has 0 radical (unpaired) electrons. The molecule has 3 heterocycles. The van der Waals surface area contributed by atoms with Crippen LogP contribution in [0, 0.1) is 0 Å². The molecule has 4 unspecified atom stereocenters. The lowest BCUT2D eigenvalue weighted by molar-refractivity contribution is -0.140. The number of nitrogen functional groups attached to an aromatic ring is 1. The predicted molar refractivity (Wildman–Crippen MR) is 117 cm³/mol. The van der Waals surface area contributed by atoms with E-state index in [1.54, 1.807) is 13.8 Å². The number of rotatable bonds is 11. The van der Waals surface area contributed by atoms with Crippen LogP contribution in [0.2, 0.25) is 0 Å². The summed E-state index contributed by atoms with van der Waals surface area (Å²) in [5.74, 6) is 0.0991. The van der Waals surface area contributed by atoms with Gasteiger partial charge in [0.2, 0.25) is 0 Å². The molecule has 5 atom stereocenters. The van der Waals surface area contributed by atoms with Gasteiger partial charge in [-0.1, -0.05) is 0 Å². The molecule has 0 spiro atoms. The van der Waals surface area contributed by atoms with Crippen molar-refractivity contribution in [2.24, 2.45) is 0 Å². The van der Waals surface area contributed by atoms with E-state index in [-0.39, 0.29) is 11.5 Å². The topological polar surface area (TPSA) is 238 Å². The van der Waals surface area contributed by atoms with E-state index in [0.29, 0.717) is 24.2 Å². The van der Waals surface area contributed by atoms with E-state index in [0.717, 1.165) is 0 Å². The third-order valence-corrected chi connectivity index (χ3v) is 7.33. The first kappa shape index (κ1) is 28.1. The van der Waals surface area contributed by atoms with Crippen LogP contribution in [0.15, 0.2) is 12.5 Å². The largest absolute Gasteiger partial charge is 0.481 e. The average molecular weight is 542 g/mol. The second kappa shape index (κ2) is 10.5. The minimum absolute atomic E-state index is 0.0991. The number of aliphatic hydroxyl groups excluding tert-OH is 1. The predicted octanol–water partition coefficient (Wildman–Crippen LogP) is 0.321. The van der Waals surface area contributed by atoms with Gasteiger partial charge < -0.3 is 49.4 Å². The first-order valence-electron chi connectivity index (χ1n) is 10.4. The van der Waals surface area contributed by atoms with E-state index in [2.05, 4.69) is 18.8 Å². The number of phosphoric ester groups is 1. The first-order valence-corrected chi connectivity index (χ1v) is 13.4. The van der Waals surface area contributed by atoms with Crippen LogP contribution in [0.5, 0.6) is 0 Å². The summed E-state index contributed by atoms with van der Waals surface area (Å²) >= 11 is 0. The van der Waals surface area contributed by atoms with Crippen LogP contribution < -0.4 is 5.73 Å². The van der Waals surface area contributed by atoms with E-state index in [9.17, 15) is 24.2 Å². The zero-order valence-corrected chi connectivity index (χ0v) is 20.8. The second-order valence-electron chi connectivity index (χ2n) is 7.73. The zero-order chi connectivity index (χ0) is 26.2. The highest BCUT2D eigenvalue weighted by Gasteiger charge is 2.54. The monoisotopic (exact) mass is 542 g/mol. The standard InChI is InChI=1S/C17H28N4O12P2/c1-4-29-15(30-5-2)9-6-21(14-11(9)13(18)19-8-20-14)16-17(3,23)12(22)10(32-16)7-31-35(27,28)33-34(24,25)26/h6,8,10,12,15-16,22-23H,4-5,7H2,1-3H3,(H,27,28)(H2,18,19,20)(H2,24,25,26)/t10?,12?,16?,17-/m1/s1. The Labute approximate surface area is 199 Å². The van der Waals surface area contributed by atoms with Gasteiger partial charge in [-0.25, -0.2) is 19.1 Å². The molecule has 1 aliphatic heterocycles. The molecule has 0 aromatic carbocycles. The molecule has 2 aromatic heterocycles. The third kappa shape index (κ3) is 6.07. The molecule has 18 heteroatoms. The maximum Gasteiger partial charge on any atom is 0.481 e. The second-order valence-corrected chi connectivity index (χ2v) is 10.6. The Kier molecular flexibility index (Phi) is 8.38. The van der Waals surface area contributed by atoms with E-state index in [1.165, 1.54) is 24.0 Å². The van der Waals surface area contributed by atoms with Crippen molar-refractivity contribution in [1.82, 2.24) is 14.5 Å². The fraction of sp³-hybridized carbons (Fsp3) is 0.647. The fourth-order valence-corrected chi connectivity index (χ4v) is 5.33. The fourth-order valence-electron chi connectivity index (χ4n) is 3.73. The van der Waals surface area contributed by atoms with Crippen LogP contribution in [-0.2, 0) is 32.2 Å². The van der Waals surface area contributed by atoms with E-state index < -0.39 is 52.6 Å². The molecule has 198 valence electrons. The molecule has 1 aliphatic rings. The Hall–Kier alpha value is -1.52. The van der Waals surface area contributed by atoms with E-state index in [4.69, 9.17) is 29.7 Å². The van der Waals surface area contributed by atoms with Crippen molar-refractivity contribution < 1.29 is 57.1 Å². The van der Waals surface area contributed by atoms with Crippen molar-refractivity contribution in [1.29, 1.82) is 0 Å². The highest BCUT2D eigenvalue weighted by molar-refractivity contribution is 7.60. The Morgan fingerprint density at radius 3 is 2.43 bits per heavy atom. The van der Waals surface area contributed by atoms with E-state index in [1.807, 2.05) is 0 Å². The van der Waals surface area contributed by atoms with Gasteiger partial charge in [-0.15, -0.1) is 0 Å². The van der Waals surface area contributed by atoms with Crippen molar-refractivity contribution in [3.05, 3.63) is 18.1 Å². The molecule has 0 saturated carbocycles. The number of hydrogen-bond donors (Lipinski definition) is 6. The van der Waals surface area contributed by atoms with E-state index >= 15 is 0 Å². The summed E-state index contributed by atoms with van der Waals surface area (Å²) in [6, 6.07) is 0. The summed E-state index contributed by atoms with van der Waals surface area (Å²) in [4.78, 5) is 35.2. The number of ether oxygens (including phenoxy) is 3. The number of hydrogen-bond acceptors (Lipinski definition) is 12. The highest BCUT2D eigenvalue weighted by atomic mass is 31.3. The molecule has 35 heavy (non-hydrogen) atoms. The SMILES string of the molecule is CCOC(OCC)c1cn(C2OC(COP(=O)(O)OP(=O)(O)O)C(O)[C@@]2(C)O)c2ncnc(N)c12. The van der Waals surface area contributed by atoms with Gasteiger partial charge in [-0.05, 0) is 20.8 Å². The van der Waals surface area contributed by atoms with Crippen molar-refractivity contribution >= 4 is 32.5 Å². The summed E-state index contributed by atoms with van der Waals surface area (Å²) < 4.78 is 49.3. The average Bonchev–Trinajstić information content (AvgIpc) is 3.21. The van der Waals surface area contributed by atoms with Gasteiger partial charge in [-0.3, -0.25) is 4.52 Å². The smallest absolute Gasteiger partial charge is 0.387 e. The van der Waals surface area contributed by atoms with Crippen molar-refractivity contribution in [3.63, 3.8) is 0 Å². The molecule has 1 saturated heterocycles. The number of phosphoric acid groups is 2. The van der Waals surface area contributed by atoms with Gasteiger partial charge in [0.1, 0.15) is 35.6 Å². The normalized spacial score (nSPS) is 27.1. The maximum atomic E-state index is 11.8. The summed E-state index contributed by atoms with van der Waals surface area (Å²) in [6.07, 6.45) is -2.56. The minimum atomic E-state index is -5.34. The minimum Gasteiger partial charge on any atom is -0.387 e. The zero-order valence-electron chi connectivity index (χ0n) is 19.0. The highest BCUT2D eigenvalue weighted by Crippen LogP contribution is 2.58. The number of nitrogens with zero attached hydrogens (tertiary/aromatic N) is 3. The molecule has 3 rings (SSSR count). The molecule has 0 aliphatic carbocycles. The van der Waals surface area contributed by atoms with Crippen molar-refractivity contribution in [2.75, 3.05) is 25.6 Å². The lowest BCUT2D eigenvalue weighted by Gasteiger charge is -2.27. The molecule has 7 N–H and O–H groups in total. The summed E-state index contributed by atoms with van der Waals surface area (Å²) in [6.45, 7) is 4.55. The summed E-state index contributed by atoms with van der Waals surface area (Å²) in [5.41, 5.74) is 4.74. The number of aromatic nitrogens is 3. The van der Waals surface area contributed by atoms with Crippen molar-refractivity contribution in [2.45, 2.75) is 51.1 Å². The molecule has 16 nitrogen and oxygen atoms in total. The van der Waals surface area contributed by atoms with Gasteiger partial charge in [0.15, 0.2) is 12.5 Å². The summed E-state index contributed by atoms with van der Waals surface area (Å²) in [7, 11) is -10.6. The van der Waals surface area contributed by atoms with Crippen LogP contribution in [0.4, 0.5) is 5.82 Å². The quantitative estimate of drug-likeness (QED) is 0.166. The van der Waals surface area contributed by atoms with Gasteiger partial charge in [-0.2, -0.15) is 4.31 Å². The van der Waals surface area contributed by atoms with Crippen LogP contribution >= 0.6 is 15.6 Å². The van der Waals surface area contributed by atoms with Crippen LogP contribution in [0.3, 0.4) is 0 Å². The number of anilines is 1. The Bertz CT molecular complexity index is 1130. The van der Waals surface area contributed by atoms with Gasteiger partial charge in [0.25, 0.3) is 0 Å². The molecular formula is C17H28N4O12P2. The van der Waals surface area contributed by atoms with Crippen LogP contribution in [0.25, 0.3) is 11.0 Å². The number of nitrogens with two attached hydrogens (primary N) is 1. The molecule has 0 amide bonds.